The molecule has 0 aromatic carbocycles. The van der Waals surface area contributed by atoms with E-state index in [4.69, 9.17) is 0 Å². The lowest BCUT2D eigenvalue weighted by Crippen LogP contribution is -2.53. The fourth-order valence-electron chi connectivity index (χ4n) is 2.94. The van der Waals surface area contributed by atoms with Gasteiger partial charge < -0.3 is 5.32 Å². The normalized spacial score (nSPS) is 26.6. The lowest BCUT2D eigenvalue weighted by Gasteiger charge is -2.41. The Hall–Kier alpha value is -0.0800. The molecule has 3 unspecified atom stereocenters. The highest BCUT2D eigenvalue weighted by molar-refractivity contribution is 4.85. The molecule has 1 aliphatic heterocycles. The van der Waals surface area contributed by atoms with E-state index in [0.29, 0.717) is 12.1 Å². The van der Waals surface area contributed by atoms with Crippen molar-refractivity contribution >= 4 is 0 Å². The van der Waals surface area contributed by atoms with Gasteiger partial charge in [0.15, 0.2) is 0 Å². The number of piperidine rings is 1. The van der Waals surface area contributed by atoms with Crippen molar-refractivity contribution < 1.29 is 0 Å². The zero-order valence-electron chi connectivity index (χ0n) is 11.6. The minimum absolute atomic E-state index is 0.667. The van der Waals surface area contributed by atoms with Crippen LogP contribution in [-0.2, 0) is 0 Å². The van der Waals surface area contributed by atoms with Gasteiger partial charge in [-0.1, -0.05) is 20.3 Å². The van der Waals surface area contributed by atoms with Crippen LogP contribution >= 0.6 is 0 Å². The Morgan fingerprint density at radius 2 is 2.06 bits per heavy atom. The molecule has 0 spiro atoms. The minimum atomic E-state index is 0.667. The highest BCUT2D eigenvalue weighted by atomic mass is 15.2. The van der Waals surface area contributed by atoms with E-state index in [1.54, 1.807) is 0 Å². The van der Waals surface area contributed by atoms with E-state index in [9.17, 15) is 0 Å². The monoisotopic (exact) mass is 226 g/mol. The molecule has 0 aromatic rings. The topological polar surface area (TPSA) is 15.3 Å². The molecular formula is C14H30N2. The summed E-state index contributed by atoms with van der Waals surface area (Å²) in [6.45, 7) is 11.8. The summed E-state index contributed by atoms with van der Waals surface area (Å²) in [6.07, 6.45) is 6.67. The van der Waals surface area contributed by atoms with Gasteiger partial charge in [-0.15, -0.1) is 0 Å². The van der Waals surface area contributed by atoms with Crippen LogP contribution in [0.1, 0.15) is 59.8 Å². The van der Waals surface area contributed by atoms with Crippen molar-refractivity contribution in [3.8, 4) is 0 Å². The Morgan fingerprint density at radius 3 is 2.62 bits per heavy atom. The van der Waals surface area contributed by atoms with E-state index < -0.39 is 0 Å². The summed E-state index contributed by atoms with van der Waals surface area (Å²) in [5.41, 5.74) is 0. The maximum absolute atomic E-state index is 3.70. The molecule has 3 atom stereocenters. The minimum Gasteiger partial charge on any atom is -0.312 e. The third kappa shape index (κ3) is 3.74. The van der Waals surface area contributed by atoms with Crippen LogP contribution in [0.4, 0.5) is 0 Å². The van der Waals surface area contributed by atoms with Crippen molar-refractivity contribution in [2.45, 2.75) is 77.9 Å². The average molecular weight is 226 g/mol. The van der Waals surface area contributed by atoms with Crippen molar-refractivity contribution in [1.29, 1.82) is 0 Å². The number of rotatable bonds is 6. The van der Waals surface area contributed by atoms with Crippen LogP contribution in [0.2, 0.25) is 0 Å². The van der Waals surface area contributed by atoms with Crippen LogP contribution in [0.15, 0.2) is 0 Å². The number of likely N-dealkylation sites (tertiary alicyclic amines) is 1. The molecule has 0 aromatic heterocycles. The van der Waals surface area contributed by atoms with Crippen LogP contribution in [-0.4, -0.2) is 36.1 Å². The van der Waals surface area contributed by atoms with Crippen molar-refractivity contribution in [2.75, 3.05) is 13.1 Å². The highest BCUT2D eigenvalue weighted by Crippen LogP contribution is 2.21. The Labute approximate surface area is 102 Å². The first-order valence-corrected chi connectivity index (χ1v) is 7.19. The molecular weight excluding hydrogens is 196 g/mol. The Balaban J connectivity index is 2.47. The summed E-state index contributed by atoms with van der Waals surface area (Å²) in [5.74, 6) is 0. The van der Waals surface area contributed by atoms with Crippen LogP contribution in [0, 0.1) is 0 Å². The van der Waals surface area contributed by atoms with E-state index in [2.05, 4.69) is 37.9 Å². The highest BCUT2D eigenvalue weighted by Gasteiger charge is 2.27. The molecule has 96 valence electrons. The average Bonchev–Trinajstić information content (AvgIpc) is 2.30. The van der Waals surface area contributed by atoms with Gasteiger partial charge in [0.1, 0.15) is 0 Å². The molecule has 2 heteroatoms. The van der Waals surface area contributed by atoms with Crippen LogP contribution < -0.4 is 5.32 Å². The molecule has 1 rings (SSSR count). The summed E-state index contributed by atoms with van der Waals surface area (Å²) in [5, 5.41) is 3.70. The maximum Gasteiger partial charge on any atom is 0.0223 e. The second-order valence-electron chi connectivity index (χ2n) is 5.29. The van der Waals surface area contributed by atoms with E-state index in [0.717, 1.165) is 12.6 Å². The number of nitrogens with zero attached hydrogens (tertiary/aromatic N) is 1. The second-order valence-corrected chi connectivity index (χ2v) is 5.29. The van der Waals surface area contributed by atoms with Gasteiger partial charge in [0.2, 0.25) is 0 Å². The van der Waals surface area contributed by atoms with Gasteiger partial charge in [0, 0.05) is 18.1 Å². The van der Waals surface area contributed by atoms with Gasteiger partial charge in [0.05, 0.1) is 0 Å². The molecule has 0 radical (unpaired) electrons. The molecule has 0 saturated carbocycles. The molecule has 16 heavy (non-hydrogen) atoms. The first-order chi connectivity index (χ1) is 7.70. The molecule has 0 aliphatic carbocycles. The molecule has 1 N–H and O–H groups in total. The molecule has 0 bridgehead atoms. The van der Waals surface area contributed by atoms with Gasteiger partial charge in [0.25, 0.3) is 0 Å². The Kier molecular flexibility index (Phi) is 6.37. The van der Waals surface area contributed by atoms with Crippen LogP contribution in [0.3, 0.4) is 0 Å². The first-order valence-electron chi connectivity index (χ1n) is 7.19. The van der Waals surface area contributed by atoms with Gasteiger partial charge >= 0.3 is 0 Å². The van der Waals surface area contributed by atoms with Gasteiger partial charge in [-0.2, -0.15) is 0 Å². The van der Waals surface area contributed by atoms with E-state index in [1.807, 2.05) is 0 Å². The molecule has 1 heterocycles. The van der Waals surface area contributed by atoms with E-state index in [1.165, 1.54) is 38.6 Å². The van der Waals surface area contributed by atoms with E-state index >= 15 is 0 Å². The Bertz CT molecular complexity index is 182. The summed E-state index contributed by atoms with van der Waals surface area (Å²) in [4.78, 5) is 2.71. The number of hydrogen-bond acceptors (Lipinski definition) is 2. The van der Waals surface area contributed by atoms with Crippen LogP contribution in [0.25, 0.3) is 0 Å². The quantitative estimate of drug-likeness (QED) is 0.749. The fraction of sp³-hybridized carbons (Fsp3) is 1.00. The molecule has 1 saturated heterocycles. The Morgan fingerprint density at radius 1 is 1.31 bits per heavy atom. The first kappa shape index (κ1) is 14.0. The molecule has 1 fully saturated rings. The number of nitrogens with one attached hydrogen (secondary N) is 1. The maximum atomic E-state index is 3.70. The van der Waals surface area contributed by atoms with Crippen LogP contribution in [0.5, 0.6) is 0 Å². The third-order valence-electron chi connectivity index (χ3n) is 4.06. The largest absolute Gasteiger partial charge is 0.312 e. The van der Waals surface area contributed by atoms with Crippen molar-refractivity contribution in [2.24, 2.45) is 0 Å². The van der Waals surface area contributed by atoms with Gasteiger partial charge in [-0.3, -0.25) is 4.90 Å². The smallest absolute Gasteiger partial charge is 0.0223 e. The van der Waals surface area contributed by atoms with Crippen molar-refractivity contribution in [3.05, 3.63) is 0 Å². The third-order valence-corrected chi connectivity index (χ3v) is 4.06. The van der Waals surface area contributed by atoms with E-state index in [-0.39, 0.29) is 0 Å². The zero-order valence-corrected chi connectivity index (χ0v) is 11.6. The molecule has 1 aliphatic rings. The summed E-state index contributed by atoms with van der Waals surface area (Å²) >= 11 is 0. The fourth-order valence-corrected chi connectivity index (χ4v) is 2.94. The van der Waals surface area contributed by atoms with Gasteiger partial charge in [-0.05, 0) is 52.6 Å². The van der Waals surface area contributed by atoms with Gasteiger partial charge in [-0.25, -0.2) is 0 Å². The standard InChI is InChI=1S/C14H30N2/c1-5-10-15-14(6-2)13(4)16-11-8-7-9-12(16)3/h12-15H,5-11H2,1-4H3. The zero-order chi connectivity index (χ0) is 12.0. The lowest BCUT2D eigenvalue weighted by atomic mass is 9.97. The summed E-state index contributed by atoms with van der Waals surface area (Å²) < 4.78 is 0. The second kappa shape index (κ2) is 7.29. The SMILES string of the molecule is CCCNC(CC)C(C)N1CCCCC1C. The lowest BCUT2D eigenvalue weighted by molar-refractivity contribution is 0.0895. The summed E-state index contributed by atoms with van der Waals surface area (Å²) in [6, 6.07) is 2.13. The molecule has 0 amide bonds. The summed E-state index contributed by atoms with van der Waals surface area (Å²) in [7, 11) is 0. The van der Waals surface area contributed by atoms with Crippen molar-refractivity contribution in [3.63, 3.8) is 0 Å². The number of hydrogen-bond donors (Lipinski definition) is 1. The molecule has 2 nitrogen and oxygen atoms in total. The predicted molar refractivity (Wildman–Crippen MR) is 71.9 cm³/mol. The van der Waals surface area contributed by atoms with Crippen molar-refractivity contribution in [1.82, 2.24) is 10.2 Å². The predicted octanol–water partition coefficient (Wildman–Crippen LogP) is 3.03.